The first-order valence-corrected chi connectivity index (χ1v) is 5.56. The molecule has 0 aliphatic heterocycles. The zero-order chi connectivity index (χ0) is 10.9. The Morgan fingerprint density at radius 3 is 2.80 bits per heavy atom. The first-order valence-electron chi connectivity index (χ1n) is 5.56. The van der Waals surface area contributed by atoms with Crippen molar-refractivity contribution >= 4 is 5.82 Å². The number of nitrogens with one attached hydrogen (secondary N) is 1. The molecule has 0 unspecified atom stereocenters. The highest BCUT2D eigenvalue weighted by atomic mass is 15.0. The molecule has 0 saturated carbocycles. The zero-order valence-corrected chi connectivity index (χ0v) is 9.37. The van der Waals surface area contributed by atoms with Gasteiger partial charge in [-0.2, -0.15) is 0 Å². The number of unbranched alkanes of at least 4 members (excludes halogenated alkanes) is 3. The van der Waals surface area contributed by atoms with Gasteiger partial charge >= 0.3 is 0 Å². The molecule has 0 radical (unpaired) electrons. The van der Waals surface area contributed by atoms with Crippen molar-refractivity contribution < 1.29 is 0 Å². The predicted octanol–water partition coefficient (Wildman–Crippen LogP) is 1.72. The minimum Gasteiger partial charge on any atom is -0.370 e. The number of rotatable bonds is 7. The van der Waals surface area contributed by atoms with Gasteiger partial charge in [0.1, 0.15) is 11.6 Å². The van der Waals surface area contributed by atoms with E-state index in [2.05, 4.69) is 15.3 Å². The quantitative estimate of drug-likeness (QED) is 0.670. The van der Waals surface area contributed by atoms with Gasteiger partial charge in [0.15, 0.2) is 0 Å². The molecule has 3 N–H and O–H groups in total. The second-order valence-electron chi connectivity index (χ2n) is 3.62. The third-order valence-electron chi connectivity index (χ3n) is 2.21. The maximum Gasteiger partial charge on any atom is 0.129 e. The Bertz CT molecular complexity index is 275. The first kappa shape index (κ1) is 11.9. The summed E-state index contributed by atoms with van der Waals surface area (Å²) in [5.41, 5.74) is 5.42. The fourth-order valence-electron chi connectivity index (χ4n) is 1.39. The van der Waals surface area contributed by atoms with Crippen LogP contribution in [0.25, 0.3) is 0 Å². The van der Waals surface area contributed by atoms with Crippen molar-refractivity contribution in [2.24, 2.45) is 5.73 Å². The summed E-state index contributed by atoms with van der Waals surface area (Å²) in [6.07, 6.45) is 6.53. The van der Waals surface area contributed by atoms with Crippen LogP contribution in [0, 0.1) is 6.92 Å². The number of nitrogens with zero attached hydrogens (tertiary/aromatic N) is 2. The maximum atomic E-state index is 5.42. The summed E-state index contributed by atoms with van der Waals surface area (Å²) in [5, 5.41) is 3.28. The van der Waals surface area contributed by atoms with Gasteiger partial charge in [-0.3, -0.25) is 0 Å². The zero-order valence-electron chi connectivity index (χ0n) is 9.37. The number of nitrogens with two attached hydrogens (primary N) is 1. The van der Waals surface area contributed by atoms with Gasteiger partial charge in [0.2, 0.25) is 0 Å². The second-order valence-corrected chi connectivity index (χ2v) is 3.62. The molecule has 0 spiro atoms. The molecular weight excluding hydrogens is 188 g/mol. The summed E-state index contributed by atoms with van der Waals surface area (Å²) < 4.78 is 0. The molecule has 1 aromatic heterocycles. The molecule has 0 aliphatic carbocycles. The van der Waals surface area contributed by atoms with Crippen LogP contribution in [0.2, 0.25) is 0 Å². The topological polar surface area (TPSA) is 63.8 Å². The molecule has 1 heterocycles. The lowest BCUT2D eigenvalue weighted by molar-refractivity contribution is 0.661. The normalized spacial score (nSPS) is 10.3. The van der Waals surface area contributed by atoms with E-state index < -0.39 is 0 Å². The summed E-state index contributed by atoms with van der Waals surface area (Å²) in [6, 6.07) is 1.90. The van der Waals surface area contributed by atoms with Crippen LogP contribution in [0.5, 0.6) is 0 Å². The smallest absolute Gasteiger partial charge is 0.129 e. The van der Waals surface area contributed by atoms with E-state index in [4.69, 9.17) is 5.73 Å². The monoisotopic (exact) mass is 208 g/mol. The molecule has 1 rings (SSSR count). The maximum absolute atomic E-state index is 5.42. The molecule has 0 fully saturated rings. The average Bonchev–Trinajstić information content (AvgIpc) is 2.23. The molecular formula is C11H20N4. The molecule has 0 saturated heterocycles. The van der Waals surface area contributed by atoms with Crippen molar-refractivity contribution in [2.75, 3.05) is 18.4 Å². The largest absolute Gasteiger partial charge is 0.370 e. The lowest BCUT2D eigenvalue weighted by Crippen LogP contribution is -2.05. The molecule has 84 valence electrons. The van der Waals surface area contributed by atoms with Crippen LogP contribution < -0.4 is 11.1 Å². The van der Waals surface area contributed by atoms with Crippen LogP contribution >= 0.6 is 0 Å². The van der Waals surface area contributed by atoms with E-state index >= 15 is 0 Å². The van der Waals surface area contributed by atoms with E-state index in [1.807, 2.05) is 13.0 Å². The van der Waals surface area contributed by atoms with Crippen LogP contribution in [-0.4, -0.2) is 23.1 Å². The van der Waals surface area contributed by atoms with Crippen molar-refractivity contribution in [1.82, 2.24) is 9.97 Å². The number of hydrogen-bond acceptors (Lipinski definition) is 4. The number of anilines is 1. The van der Waals surface area contributed by atoms with E-state index in [1.54, 1.807) is 6.20 Å². The minimum absolute atomic E-state index is 0.804. The van der Waals surface area contributed by atoms with Gasteiger partial charge in [-0.25, -0.2) is 9.97 Å². The van der Waals surface area contributed by atoms with Gasteiger partial charge in [0, 0.05) is 12.7 Å². The Morgan fingerprint density at radius 2 is 2.07 bits per heavy atom. The summed E-state index contributed by atoms with van der Waals surface area (Å²) in [7, 11) is 0. The minimum atomic E-state index is 0.804. The van der Waals surface area contributed by atoms with Gasteiger partial charge < -0.3 is 11.1 Å². The van der Waals surface area contributed by atoms with Crippen LogP contribution in [0.3, 0.4) is 0 Å². The predicted molar refractivity (Wildman–Crippen MR) is 62.8 cm³/mol. The SMILES string of the molecule is Cc1nccc(NCCCCCCN)n1. The molecule has 4 nitrogen and oxygen atoms in total. The summed E-state index contributed by atoms with van der Waals surface area (Å²) in [6.45, 7) is 3.67. The molecule has 0 bridgehead atoms. The molecule has 0 aliphatic rings. The van der Waals surface area contributed by atoms with E-state index in [9.17, 15) is 0 Å². The Labute approximate surface area is 91.3 Å². The standard InChI is InChI=1S/C11H20N4/c1-10-13-9-6-11(15-10)14-8-5-3-2-4-7-12/h6,9H,2-5,7-8,12H2,1H3,(H,13,14,15). The lowest BCUT2D eigenvalue weighted by atomic mass is 10.2. The highest BCUT2D eigenvalue weighted by molar-refractivity contribution is 5.32. The van der Waals surface area contributed by atoms with E-state index in [0.717, 1.165) is 31.2 Å². The van der Waals surface area contributed by atoms with E-state index in [0.29, 0.717) is 0 Å². The summed E-state index contributed by atoms with van der Waals surface area (Å²) in [4.78, 5) is 8.31. The Morgan fingerprint density at radius 1 is 1.27 bits per heavy atom. The fourth-order valence-corrected chi connectivity index (χ4v) is 1.39. The molecule has 0 amide bonds. The molecule has 0 atom stereocenters. The Balaban J connectivity index is 2.10. The second kappa shape index (κ2) is 7.17. The van der Waals surface area contributed by atoms with Crippen LogP contribution in [0.15, 0.2) is 12.3 Å². The highest BCUT2D eigenvalue weighted by Crippen LogP contribution is 2.03. The van der Waals surface area contributed by atoms with Gasteiger partial charge in [-0.1, -0.05) is 12.8 Å². The van der Waals surface area contributed by atoms with Crippen molar-refractivity contribution in [2.45, 2.75) is 32.6 Å². The third-order valence-corrected chi connectivity index (χ3v) is 2.21. The molecule has 0 aromatic carbocycles. The number of aromatic nitrogens is 2. The van der Waals surface area contributed by atoms with Gasteiger partial charge in [0.05, 0.1) is 0 Å². The van der Waals surface area contributed by atoms with Gasteiger partial charge in [-0.15, -0.1) is 0 Å². The van der Waals surface area contributed by atoms with Crippen molar-refractivity contribution in [3.8, 4) is 0 Å². The van der Waals surface area contributed by atoms with Crippen LogP contribution in [-0.2, 0) is 0 Å². The lowest BCUT2D eigenvalue weighted by Gasteiger charge is -2.05. The fraction of sp³-hybridized carbons (Fsp3) is 0.636. The third kappa shape index (κ3) is 5.32. The van der Waals surface area contributed by atoms with Gasteiger partial charge in [0.25, 0.3) is 0 Å². The summed E-state index contributed by atoms with van der Waals surface area (Å²) in [5.74, 6) is 1.73. The van der Waals surface area contributed by atoms with Crippen LogP contribution in [0.1, 0.15) is 31.5 Å². The van der Waals surface area contributed by atoms with Crippen molar-refractivity contribution in [3.63, 3.8) is 0 Å². The molecule has 4 heteroatoms. The molecule has 15 heavy (non-hydrogen) atoms. The number of aryl methyl sites for hydroxylation is 1. The number of hydrogen-bond donors (Lipinski definition) is 2. The van der Waals surface area contributed by atoms with Gasteiger partial charge in [-0.05, 0) is 32.4 Å². The summed E-state index contributed by atoms with van der Waals surface area (Å²) >= 11 is 0. The van der Waals surface area contributed by atoms with Crippen LogP contribution in [0.4, 0.5) is 5.82 Å². The Kier molecular flexibility index (Phi) is 5.70. The molecule has 1 aromatic rings. The Hall–Kier alpha value is -1.16. The van der Waals surface area contributed by atoms with E-state index in [-0.39, 0.29) is 0 Å². The average molecular weight is 208 g/mol. The highest BCUT2D eigenvalue weighted by Gasteiger charge is 1.94. The van der Waals surface area contributed by atoms with Crippen molar-refractivity contribution in [1.29, 1.82) is 0 Å². The first-order chi connectivity index (χ1) is 7.33. The van der Waals surface area contributed by atoms with Crippen molar-refractivity contribution in [3.05, 3.63) is 18.1 Å². The van der Waals surface area contributed by atoms with E-state index in [1.165, 1.54) is 19.3 Å².